The zero-order chi connectivity index (χ0) is 12.0. The maximum atomic E-state index is 9.76. The van der Waals surface area contributed by atoms with Crippen molar-refractivity contribution in [1.29, 1.82) is 0 Å². The van der Waals surface area contributed by atoms with Gasteiger partial charge in [0.25, 0.3) is 0 Å². The number of benzene rings is 1. The van der Waals surface area contributed by atoms with Gasteiger partial charge in [0, 0.05) is 11.5 Å². The number of nitrogens with two attached hydrogens (primary N) is 1. The predicted molar refractivity (Wildman–Crippen MR) is 59.3 cm³/mol. The fraction of sp³-hybridized carbons (Fsp3) is 0.400. The summed E-state index contributed by atoms with van der Waals surface area (Å²) in [6, 6.07) is 6.98. The molecule has 6 nitrogen and oxygen atoms in total. The molecule has 0 aromatic heterocycles. The highest BCUT2D eigenvalue weighted by molar-refractivity contribution is 5.25. The van der Waals surface area contributed by atoms with Crippen LogP contribution in [0.15, 0.2) is 29.4 Å². The van der Waals surface area contributed by atoms with Gasteiger partial charge in [0.2, 0.25) is 0 Å². The lowest BCUT2D eigenvalue weighted by Crippen LogP contribution is -2.21. The Morgan fingerprint density at radius 1 is 1.44 bits per heavy atom. The van der Waals surface area contributed by atoms with Gasteiger partial charge in [-0.05, 0) is 16.7 Å². The normalized spacial score (nSPS) is 13.9. The van der Waals surface area contributed by atoms with Gasteiger partial charge in [0.05, 0.1) is 12.6 Å². The van der Waals surface area contributed by atoms with Crippen LogP contribution in [0.1, 0.15) is 17.2 Å². The molecule has 1 rings (SSSR count). The molecule has 2 unspecified atom stereocenters. The van der Waals surface area contributed by atoms with E-state index in [9.17, 15) is 10.2 Å². The van der Waals surface area contributed by atoms with Crippen molar-refractivity contribution < 1.29 is 10.2 Å². The SMILES string of the molecule is [N-]=[N+]=NCC(O)C(O)c1cccc(CN)c1. The molecule has 0 aliphatic carbocycles. The molecule has 0 fully saturated rings. The molecule has 0 radical (unpaired) electrons. The summed E-state index contributed by atoms with van der Waals surface area (Å²) in [5.74, 6) is 0. The van der Waals surface area contributed by atoms with Crippen LogP contribution in [-0.4, -0.2) is 22.9 Å². The van der Waals surface area contributed by atoms with Gasteiger partial charge in [-0.15, -0.1) is 0 Å². The first kappa shape index (κ1) is 12.5. The van der Waals surface area contributed by atoms with Crippen LogP contribution in [-0.2, 0) is 6.54 Å². The van der Waals surface area contributed by atoms with E-state index in [4.69, 9.17) is 11.3 Å². The molecular weight excluding hydrogens is 208 g/mol. The molecule has 2 atom stereocenters. The summed E-state index contributed by atoms with van der Waals surface area (Å²) in [6.07, 6.45) is -2.18. The lowest BCUT2D eigenvalue weighted by atomic mass is 10.0. The van der Waals surface area contributed by atoms with Crippen molar-refractivity contribution in [3.63, 3.8) is 0 Å². The standard InChI is InChI=1S/C10H14N4O2/c11-5-7-2-1-3-8(4-7)10(16)9(15)6-13-14-12/h1-4,9-10,15-16H,5-6,11H2. The van der Waals surface area contributed by atoms with E-state index in [0.29, 0.717) is 12.1 Å². The molecule has 0 saturated carbocycles. The van der Waals surface area contributed by atoms with E-state index >= 15 is 0 Å². The second kappa shape index (κ2) is 6.09. The Morgan fingerprint density at radius 3 is 2.81 bits per heavy atom. The summed E-state index contributed by atoms with van der Waals surface area (Å²) in [5.41, 5.74) is 15.0. The molecule has 1 aromatic rings. The van der Waals surface area contributed by atoms with Crippen LogP contribution < -0.4 is 5.73 Å². The van der Waals surface area contributed by atoms with Gasteiger partial charge in [0.1, 0.15) is 6.10 Å². The Bertz CT molecular complexity index is 390. The van der Waals surface area contributed by atoms with Gasteiger partial charge < -0.3 is 15.9 Å². The number of hydrogen-bond donors (Lipinski definition) is 3. The molecule has 0 aliphatic heterocycles. The van der Waals surface area contributed by atoms with Gasteiger partial charge in [-0.3, -0.25) is 0 Å². The van der Waals surface area contributed by atoms with E-state index in [-0.39, 0.29) is 6.54 Å². The molecule has 6 heteroatoms. The first-order chi connectivity index (χ1) is 7.69. The van der Waals surface area contributed by atoms with Crippen molar-refractivity contribution in [2.75, 3.05) is 6.54 Å². The lowest BCUT2D eigenvalue weighted by Gasteiger charge is -2.16. The van der Waals surface area contributed by atoms with Crippen molar-refractivity contribution in [2.45, 2.75) is 18.8 Å². The zero-order valence-corrected chi connectivity index (χ0v) is 8.69. The van der Waals surface area contributed by atoms with Crippen LogP contribution in [0, 0.1) is 0 Å². The third kappa shape index (κ3) is 3.22. The molecule has 0 spiro atoms. The molecule has 86 valence electrons. The second-order valence-corrected chi connectivity index (χ2v) is 3.37. The smallest absolute Gasteiger partial charge is 0.105 e. The molecular formula is C10H14N4O2. The number of hydrogen-bond acceptors (Lipinski definition) is 4. The summed E-state index contributed by atoms with van der Waals surface area (Å²) < 4.78 is 0. The topological polar surface area (TPSA) is 115 Å². The van der Waals surface area contributed by atoms with E-state index in [1.54, 1.807) is 18.2 Å². The first-order valence-corrected chi connectivity index (χ1v) is 4.85. The van der Waals surface area contributed by atoms with E-state index < -0.39 is 12.2 Å². The van der Waals surface area contributed by atoms with Crippen molar-refractivity contribution >= 4 is 0 Å². The molecule has 4 N–H and O–H groups in total. The van der Waals surface area contributed by atoms with Crippen LogP contribution in [0.2, 0.25) is 0 Å². The molecule has 0 saturated heterocycles. The highest BCUT2D eigenvalue weighted by atomic mass is 16.3. The van der Waals surface area contributed by atoms with E-state index in [1.807, 2.05) is 6.07 Å². The number of rotatable bonds is 5. The minimum atomic E-state index is -1.11. The lowest BCUT2D eigenvalue weighted by molar-refractivity contribution is 0.0244. The number of azide groups is 1. The molecule has 0 heterocycles. The summed E-state index contributed by atoms with van der Waals surface area (Å²) in [4.78, 5) is 2.52. The Balaban J connectivity index is 2.78. The first-order valence-electron chi connectivity index (χ1n) is 4.85. The fourth-order valence-corrected chi connectivity index (χ4v) is 1.35. The second-order valence-electron chi connectivity index (χ2n) is 3.37. The minimum absolute atomic E-state index is 0.162. The van der Waals surface area contributed by atoms with E-state index in [1.165, 1.54) is 0 Å². The van der Waals surface area contributed by atoms with Crippen molar-refractivity contribution in [3.8, 4) is 0 Å². The van der Waals surface area contributed by atoms with Crippen LogP contribution in [0.25, 0.3) is 10.4 Å². The molecule has 0 amide bonds. The molecule has 1 aromatic carbocycles. The summed E-state index contributed by atoms with van der Waals surface area (Å²) in [6.45, 7) is 0.206. The maximum Gasteiger partial charge on any atom is 0.105 e. The van der Waals surface area contributed by atoms with Crippen LogP contribution >= 0.6 is 0 Å². The summed E-state index contributed by atoms with van der Waals surface area (Å²) in [5, 5.41) is 22.5. The monoisotopic (exact) mass is 222 g/mol. The number of aliphatic hydroxyl groups excluding tert-OH is 2. The van der Waals surface area contributed by atoms with Gasteiger partial charge in [0.15, 0.2) is 0 Å². The highest BCUT2D eigenvalue weighted by Gasteiger charge is 2.17. The number of aliphatic hydroxyl groups is 2. The maximum absolute atomic E-state index is 9.76. The Labute approximate surface area is 93.0 Å². The van der Waals surface area contributed by atoms with E-state index in [0.717, 1.165) is 5.56 Å². The van der Waals surface area contributed by atoms with E-state index in [2.05, 4.69) is 10.0 Å². The summed E-state index contributed by atoms with van der Waals surface area (Å²) >= 11 is 0. The molecule has 16 heavy (non-hydrogen) atoms. The largest absolute Gasteiger partial charge is 0.390 e. The quantitative estimate of drug-likeness (QED) is 0.389. The Kier molecular flexibility index (Phi) is 4.75. The Hall–Kier alpha value is -1.59. The van der Waals surface area contributed by atoms with Gasteiger partial charge in [-0.25, -0.2) is 0 Å². The third-order valence-electron chi connectivity index (χ3n) is 2.22. The molecule has 0 aliphatic rings. The van der Waals surface area contributed by atoms with Crippen LogP contribution in [0.3, 0.4) is 0 Å². The van der Waals surface area contributed by atoms with Crippen LogP contribution in [0.5, 0.6) is 0 Å². The van der Waals surface area contributed by atoms with Crippen molar-refractivity contribution in [1.82, 2.24) is 0 Å². The van der Waals surface area contributed by atoms with Gasteiger partial charge in [-0.1, -0.05) is 29.4 Å². The third-order valence-corrected chi connectivity index (χ3v) is 2.22. The van der Waals surface area contributed by atoms with Crippen molar-refractivity contribution in [3.05, 3.63) is 45.8 Å². The van der Waals surface area contributed by atoms with Gasteiger partial charge >= 0.3 is 0 Å². The minimum Gasteiger partial charge on any atom is -0.390 e. The predicted octanol–water partition coefficient (Wildman–Crippen LogP) is 0.850. The highest BCUT2D eigenvalue weighted by Crippen LogP contribution is 2.18. The average Bonchev–Trinajstić information content (AvgIpc) is 2.35. The average molecular weight is 222 g/mol. The zero-order valence-electron chi connectivity index (χ0n) is 8.69. The fourth-order valence-electron chi connectivity index (χ4n) is 1.35. The summed E-state index contributed by atoms with van der Waals surface area (Å²) in [7, 11) is 0. The van der Waals surface area contributed by atoms with Gasteiger partial charge in [-0.2, -0.15) is 0 Å². The molecule has 0 bridgehead atoms. The number of nitrogens with zero attached hydrogens (tertiary/aromatic N) is 3. The van der Waals surface area contributed by atoms with Crippen LogP contribution in [0.4, 0.5) is 0 Å². The Morgan fingerprint density at radius 2 is 2.19 bits per heavy atom. The van der Waals surface area contributed by atoms with Crippen molar-refractivity contribution in [2.24, 2.45) is 10.8 Å².